The number of thiazole rings is 1. The van der Waals surface area contributed by atoms with Gasteiger partial charge in [0.1, 0.15) is 0 Å². The number of nitrogens with zero attached hydrogens (tertiary/aromatic N) is 1. The molecule has 1 amide bonds. The molecule has 0 spiro atoms. The van der Waals surface area contributed by atoms with E-state index in [4.69, 9.17) is 11.6 Å². The first-order chi connectivity index (χ1) is 9.08. The van der Waals surface area contributed by atoms with Crippen LogP contribution in [0.1, 0.15) is 23.1 Å². The van der Waals surface area contributed by atoms with Crippen molar-refractivity contribution in [3.63, 3.8) is 0 Å². The summed E-state index contributed by atoms with van der Waals surface area (Å²) in [5, 5.41) is 4.18. The van der Waals surface area contributed by atoms with Gasteiger partial charge in [-0.1, -0.05) is 30.7 Å². The first-order valence-electron chi connectivity index (χ1n) is 6.09. The molecule has 0 unspecified atom stereocenters. The van der Waals surface area contributed by atoms with E-state index in [1.165, 1.54) is 11.3 Å². The summed E-state index contributed by atoms with van der Waals surface area (Å²) >= 11 is 7.32. The Balaban J connectivity index is 1.99. The SMILES string of the molecule is CCc1nc(NC(=O)Cc2ccc(Cl)cc2)sc1C. The number of carbonyl (C=O) groups is 1. The van der Waals surface area contributed by atoms with Crippen molar-refractivity contribution in [2.24, 2.45) is 0 Å². The van der Waals surface area contributed by atoms with E-state index in [0.717, 1.165) is 22.6 Å². The first-order valence-corrected chi connectivity index (χ1v) is 7.28. The van der Waals surface area contributed by atoms with Crippen LogP contribution in [-0.2, 0) is 17.6 Å². The third-order valence-corrected chi connectivity index (χ3v) is 3.93. The fraction of sp³-hybridized carbons (Fsp3) is 0.286. The summed E-state index contributed by atoms with van der Waals surface area (Å²) in [7, 11) is 0. The third kappa shape index (κ3) is 3.78. The molecule has 2 aromatic rings. The molecule has 100 valence electrons. The van der Waals surface area contributed by atoms with Gasteiger partial charge in [-0.2, -0.15) is 0 Å². The number of aryl methyl sites for hydroxylation is 2. The Labute approximate surface area is 121 Å². The van der Waals surface area contributed by atoms with Crippen molar-refractivity contribution < 1.29 is 4.79 Å². The molecule has 2 rings (SSSR count). The van der Waals surface area contributed by atoms with Crippen LogP contribution >= 0.6 is 22.9 Å². The van der Waals surface area contributed by atoms with Gasteiger partial charge in [-0.3, -0.25) is 4.79 Å². The van der Waals surface area contributed by atoms with E-state index >= 15 is 0 Å². The maximum Gasteiger partial charge on any atom is 0.230 e. The molecule has 5 heteroatoms. The summed E-state index contributed by atoms with van der Waals surface area (Å²) in [6.07, 6.45) is 1.21. The van der Waals surface area contributed by atoms with Crippen molar-refractivity contribution in [1.29, 1.82) is 0 Å². The lowest BCUT2D eigenvalue weighted by Crippen LogP contribution is -2.14. The molecule has 0 aliphatic rings. The van der Waals surface area contributed by atoms with Crippen molar-refractivity contribution in [2.45, 2.75) is 26.7 Å². The van der Waals surface area contributed by atoms with Crippen LogP contribution in [0, 0.1) is 6.92 Å². The van der Waals surface area contributed by atoms with E-state index in [1.54, 1.807) is 12.1 Å². The number of amides is 1. The Morgan fingerprint density at radius 3 is 2.63 bits per heavy atom. The Morgan fingerprint density at radius 2 is 2.05 bits per heavy atom. The van der Waals surface area contributed by atoms with E-state index < -0.39 is 0 Å². The summed E-state index contributed by atoms with van der Waals surface area (Å²) in [5.74, 6) is -0.0567. The molecule has 0 saturated heterocycles. The third-order valence-electron chi connectivity index (χ3n) is 2.75. The van der Waals surface area contributed by atoms with E-state index in [2.05, 4.69) is 17.2 Å². The Bertz CT molecular complexity index is 578. The van der Waals surface area contributed by atoms with Crippen molar-refractivity contribution >= 4 is 34.0 Å². The number of carbonyl (C=O) groups excluding carboxylic acids is 1. The number of benzene rings is 1. The summed E-state index contributed by atoms with van der Waals surface area (Å²) in [5.41, 5.74) is 1.98. The average molecular weight is 295 g/mol. The minimum Gasteiger partial charge on any atom is -0.302 e. The van der Waals surface area contributed by atoms with Crippen LogP contribution in [0.5, 0.6) is 0 Å². The van der Waals surface area contributed by atoms with Gasteiger partial charge in [0.25, 0.3) is 0 Å². The summed E-state index contributed by atoms with van der Waals surface area (Å²) in [4.78, 5) is 17.4. The first kappa shape index (κ1) is 14.0. The molecule has 0 aliphatic carbocycles. The topological polar surface area (TPSA) is 42.0 Å². The van der Waals surface area contributed by atoms with E-state index in [-0.39, 0.29) is 5.91 Å². The van der Waals surface area contributed by atoms with Gasteiger partial charge in [0.2, 0.25) is 5.91 Å². The van der Waals surface area contributed by atoms with Crippen LogP contribution < -0.4 is 5.32 Å². The fourth-order valence-corrected chi connectivity index (χ4v) is 2.81. The Hall–Kier alpha value is -1.39. The lowest BCUT2D eigenvalue weighted by Gasteiger charge is -2.02. The number of nitrogens with one attached hydrogen (secondary N) is 1. The number of hydrogen-bond donors (Lipinski definition) is 1. The average Bonchev–Trinajstić information content (AvgIpc) is 2.72. The van der Waals surface area contributed by atoms with Gasteiger partial charge in [0.05, 0.1) is 12.1 Å². The predicted molar refractivity (Wildman–Crippen MR) is 80.0 cm³/mol. The summed E-state index contributed by atoms with van der Waals surface area (Å²) in [6.45, 7) is 4.08. The Morgan fingerprint density at radius 1 is 1.37 bits per heavy atom. The normalized spacial score (nSPS) is 10.5. The number of halogens is 1. The number of aromatic nitrogens is 1. The van der Waals surface area contributed by atoms with Crippen molar-refractivity contribution in [3.8, 4) is 0 Å². The predicted octanol–water partition coefficient (Wildman–Crippen LogP) is 3.85. The number of hydrogen-bond acceptors (Lipinski definition) is 3. The zero-order chi connectivity index (χ0) is 13.8. The molecule has 1 aromatic heterocycles. The van der Waals surface area contributed by atoms with Gasteiger partial charge in [-0.15, -0.1) is 11.3 Å². The van der Waals surface area contributed by atoms with Crippen LogP contribution in [0.15, 0.2) is 24.3 Å². The fourth-order valence-electron chi connectivity index (χ4n) is 1.76. The number of rotatable bonds is 4. The van der Waals surface area contributed by atoms with Crippen molar-refractivity contribution in [2.75, 3.05) is 5.32 Å². The molecule has 1 aromatic carbocycles. The number of anilines is 1. The van der Waals surface area contributed by atoms with Crippen LogP contribution in [0.25, 0.3) is 0 Å². The maximum absolute atomic E-state index is 11.9. The molecular formula is C14H15ClN2OS. The molecular weight excluding hydrogens is 280 g/mol. The molecule has 1 N–H and O–H groups in total. The smallest absolute Gasteiger partial charge is 0.230 e. The van der Waals surface area contributed by atoms with Gasteiger partial charge in [0, 0.05) is 9.90 Å². The molecule has 0 saturated carbocycles. The molecule has 19 heavy (non-hydrogen) atoms. The van der Waals surface area contributed by atoms with E-state index in [0.29, 0.717) is 16.6 Å². The van der Waals surface area contributed by atoms with Gasteiger partial charge in [-0.25, -0.2) is 4.98 Å². The maximum atomic E-state index is 11.9. The largest absolute Gasteiger partial charge is 0.302 e. The van der Waals surface area contributed by atoms with Crippen LogP contribution in [0.2, 0.25) is 5.02 Å². The van der Waals surface area contributed by atoms with Gasteiger partial charge in [0.15, 0.2) is 5.13 Å². The van der Waals surface area contributed by atoms with Gasteiger partial charge in [-0.05, 0) is 31.0 Å². The monoisotopic (exact) mass is 294 g/mol. The van der Waals surface area contributed by atoms with Crippen molar-refractivity contribution in [1.82, 2.24) is 4.98 Å². The molecule has 0 atom stereocenters. The van der Waals surface area contributed by atoms with Crippen LogP contribution in [-0.4, -0.2) is 10.9 Å². The zero-order valence-corrected chi connectivity index (χ0v) is 12.4. The van der Waals surface area contributed by atoms with E-state index in [9.17, 15) is 4.79 Å². The van der Waals surface area contributed by atoms with Gasteiger partial charge < -0.3 is 5.32 Å². The highest BCUT2D eigenvalue weighted by Crippen LogP contribution is 2.22. The highest BCUT2D eigenvalue weighted by atomic mass is 35.5. The Kier molecular flexibility index (Phi) is 4.56. The molecule has 3 nitrogen and oxygen atoms in total. The highest BCUT2D eigenvalue weighted by molar-refractivity contribution is 7.15. The quantitative estimate of drug-likeness (QED) is 0.930. The van der Waals surface area contributed by atoms with Crippen LogP contribution in [0.3, 0.4) is 0 Å². The second kappa shape index (κ2) is 6.17. The molecule has 0 aliphatic heterocycles. The lowest BCUT2D eigenvalue weighted by molar-refractivity contribution is -0.115. The second-order valence-electron chi connectivity index (χ2n) is 4.23. The van der Waals surface area contributed by atoms with Gasteiger partial charge >= 0.3 is 0 Å². The van der Waals surface area contributed by atoms with Crippen LogP contribution in [0.4, 0.5) is 5.13 Å². The molecule has 0 fully saturated rings. The molecule has 0 bridgehead atoms. The zero-order valence-electron chi connectivity index (χ0n) is 10.9. The molecule has 1 heterocycles. The minimum atomic E-state index is -0.0567. The summed E-state index contributed by atoms with van der Waals surface area (Å²) < 4.78 is 0. The minimum absolute atomic E-state index is 0.0567. The van der Waals surface area contributed by atoms with Crippen molar-refractivity contribution in [3.05, 3.63) is 45.4 Å². The molecule has 0 radical (unpaired) electrons. The lowest BCUT2D eigenvalue weighted by atomic mass is 10.1. The highest BCUT2D eigenvalue weighted by Gasteiger charge is 2.09. The summed E-state index contributed by atoms with van der Waals surface area (Å²) in [6, 6.07) is 7.28. The standard InChI is InChI=1S/C14H15ClN2OS/c1-3-12-9(2)19-14(16-12)17-13(18)8-10-4-6-11(15)7-5-10/h4-7H,3,8H2,1-2H3,(H,16,17,18). The second-order valence-corrected chi connectivity index (χ2v) is 5.87. The van der Waals surface area contributed by atoms with E-state index in [1.807, 2.05) is 19.1 Å².